The number of imidazole rings is 2. The minimum Gasteiger partial charge on any atom is -0.453 e. The number of benzene rings is 3. The van der Waals surface area contributed by atoms with Crippen molar-refractivity contribution in [2.24, 2.45) is 22.7 Å². The Bertz CT molecular complexity index is 2580. The number of aromatic nitrogens is 4. The zero-order valence-corrected chi connectivity index (χ0v) is 36.8. The van der Waals surface area contributed by atoms with Crippen LogP contribution in [0, 0.1) is 34.0 Å². The summed E-state index contributed by atoms with van der Waals surface area (Å²) in [7, 11) is 2.56. The standard InChI is InChI=1S/C48H55N9O6/c1-27(2)39(54-45(60)62-6)43(58)57-26-48(16-17-48)21-38(57)42-51-24-36(53-42)34-15-14-32-19-31(12-13-33(32)20-34)29-8-10-30(11-9-29)35-23-50-41(52-35)37-18-28(22-49)25-56(37)44(59)40(47(3,4)5)55-46(61)63-7/h8-15,19-20,23-24,27-28,37-40H,16-18,21,25-26H2,1-7H3,(H,50,52)(H,51,53)(H,54,60)(H,55,61)/t28-,37+,38+,39+,40?/m1/s1. The normalized spacial score (nSPS) is 20.1. The van der Waals surface area contributed by atoms with E-state index in [9.17, 15) is 24.4 Å². The summed E-state index contributed by atoms with van der Waals surface area (Å²) in [6.45, 7) is 10.3. The number of aromatic amines is 2. The van der Waals surface area contributed by atoms with Crippen LogP contribution in [0.5, 0.6) is 0 Å². The smallest absolute Gasteiger partial charge is 0.407 e. The number of methoxy groups -OCH3 is 2. The molecule has 2 aromatic heterocycles. The number of fused-ring (bicyclic) bond motifs is 1. The monoisotopic (exact) mass is 853 g/mol. The SMILES string of the molecule is COC(=O)NC(C(=O)N1C[C@@H](C#N)C[C@H]1c1ncc(-c2ccc(-c3ccc4cc(-c5cnc([C@@H]6CC7(CC7)CN6C(=O)[C@@H](NC(=O)OC)C(C)C)[nH]5)ccc4c3)cc2)[nH]1)C(C)(C)C. The van der Waals surface area contributed by atoms with E-state index in [1.165, 1.54) is 14.2 Å². The number of carbonyl (C=O) groups is 4. The molecule has 1 spiro atoms. The first-order valence-corrected chi connectivity index (χ1v) is 21.5. The van der Waals surface area contributed by atoms with Gasteiger partial charge in [-0.25, -0.2) is 19.6 Å². The lowest BCUT2D eigenvalue weighted by Crippen LogP contribution is -2.54. The second-order valence-corrected chi connectivity index (χ2v) is 18.8. The predicted molar refractivity (Wildman–Crippen MR) is 236 cm³/mol. The van der Waals surface area contributed by atoms with Gasteiger partial charge >= 0.3 is 12.2 Å². The molecule has 3 aliphatic rings. The molecule has 328 valence electrons. The molecule has 4 amide bonds. The second-order valence-electron chi connectivity index (χ2n) is 18.8. The van der Waals surface area contributed by atoms with Gasteiger partial charge in [-0.2, -0.15) is 5.26 Å². The summed E-state index contributed by atoms with van der Waals surface area (Å²) < 4.78 is 9.62. The number of nitrogens with one attached hydrogen (secondary N) is 4. The highest BCUT2D eigenvalue weighted by Crippen LogP contribution is 2.58. The molecule has 4 N–H and O–H groups in total. The maximum absolute atomic E-state index is 13.9. The number of carbonyl (C=O) groups excluding carboxylic acids is 4. The maximum atomic E-state index is 13.9. The first-order valence-electron chi connectivity index (χ1n) is 21.5. The van der Waals surface area contributed by atoms with Crippen molar-refractivity contribution in [3.8, 4) is 39.7 Å². The number of rotatable bonds is 10. The van der Waals surface area contributed by atoms with Crippen molar-refractivity contribution in [1.82, 2.24) is 40.4 Å². The Hall–Kier alpha value is -6.69. The Morgan fingerprint density at radius 3 is 1.92 bits per heavy atom. The van der Waals surface area contributed by atoms with Gasteiger partial charge in [0.1, 0.15) is 23.7 Å². The minimum atomic E-state index is -0.861. The molecular weight excluding hydrogens is 799 g/mol. The lowest BCUT2D eigenvalue weighted by Gasteiger charge is -2.34. The number of nitriles is 1. The van der Waals surface area contributed by atoms with E-state index in [-0.39, 0.29) is 41.7 Å². The van der Waals surface area contributed by atoms with Crippen LogP contribution < -0.4 is 10.6 Å². The van der Waals surface area contributed by atoms with Gasteiger partial charge < -0.3 is 39.9 Å². The third-order valence-corrected chi connectivity index (χ3v) is 13.0. The van der Waals surface area contributed by atoms with Gasteiger partial charge in [0, 0.05) is 18.7 Å². The van der Waals surface area contributed by atoms with Gasteiger partial charge in [0.2, 0.25) is 11.8 Å². The Morgan fingerprint density at radius 1 is 0.778 bits per heavy atom. The van der Waals surface area contributed by atoms with E-state index in [4.69, 9.17) is 14.5 Å². The fourth-order valence-electron chi connectivity index (χ4n) is 9.11. The number of nitrogens with zero attached hydrogens (tertiary/aromatic N) is 5. The molecule has 3 fully saturated rings. The molecule has 2 saturated heterocycles. The number of alkyl carbamates (subject to hydrolysis) is 2. The molecule has 5 atom stereocenters. The molecule has 15 heteroatoms. The molecule has 63 heavy (non-hydrogen) atoms. The zero-order chi connectivity index (χ0) is 44.8. The van der Waals surface area contributed by atoms with Gasteiger partial charge in [0.25, 0.3) is 0 Å². The second kappa shape index (κ2) is 16.9. The van der Waals surface area contributed by atoms with E-state index < -0.39 is 35.7 Å². The van der Waals surface area contributed by atoms with Crippen molar-refractivity contribution in [2.45, 2.75) is 84.5 Å². The van der Waals surface area contributed by atoms with Crippen molar-refractivity contribution in [3.05, 3.63) is 84.7 Å². The number of amides is 4. The molecule has 5 aromatic rings. The molecule has 15 nitrogen and oxygen atoms in total. The summed E-state index contributed by atoms with van der Waals surface area (Å²) in [6.07, 6.45) is 5.68. The molecule has 1 aliphatic carbocycles. The number of ether oxygens (including phenoxy) is 2. The van der Waals surface area contributed by atoms with Crippen molar-refractivity contribution in [3.63, 3.8) is 0 Å². The first-order chi connectivity index (χ1) is 30.1. The Labute approximate surface area is 366 Å². The summed E-state index contributed by atoms with van der Waals surface area (Å²) in [5.41, 5.74) is 5.17. The zero-order valence-electron chi connectivity index (χ0n) is 36.8. The molecule has 0 bridgehead atoms. The van der Waals surface area contributed by atoms with Crippen LogP contribution in [0.25, 0.3) is 44.4 Å². The lowest BCUT2D eigenvalue weighted by molar-refractivity contribution is -0.137. The summed E-state index contributed by atoms with van der Waals surface area (Å²) >= 11 is 0. The molecule has 3 aromatic carbocycles. The molecule has 8 rings (SSSR count). The first kappa shape index (κ1) is 43.0. The summed E-state index contributed by atoms with van der Waals surface area (Å²) in [4.78, 5) is 72.1. The number of hydrogen-bond acceptors (Lipinski definition) is 9. The van der Waals surface area contributed by atoms with Crippen LogP contribution in [0.4, 0.5) is 9.59 Å². The summed E-state index contributed by atoms with van der Waals surface area (Å²) in [5.74, 6) is 0.430. The van der Waals surface area contributed by atoms with Gasteiger partial charge in [-0.3, -0.25) is 9.59 Å². The van der Waals surface area contributed by atoms with Crippen LogP contribution >= 0.6 is 0 Å². The van der Waals surface area contributed by atoms with Crippen molar-refractivity contribution < 1.29 is 28.7 Å². The van der Waals surface area contributed by atoms with E-state index in [2.05, 4.69) is 80.2 Å². The summed E-state index contributed by atoms with van der Waals surface area (Å²) in [6, 6.07) is 21.0. The highest BCUT2D eigenvalue weighted by Gasteiger charge is 2.55. The molecular formula is C48H55N9O6. The van der Waals surface area contributed by atoms with Crippen LogP contribution in [0.2, 0.25) is 0 Å². The fraction of sp³-hybridized carbons (Fsp3) is 0.438. The maximum Gasteiger partial charge on any atom is 0.407 e. The molecule has 1 saturated carbocycles. The van der Waals surface area contributed by atoms with Gasteiger partial charge in [-0.05, 0) is 82.0 Å². The van der Waals surface area contributed by atoms with Crippen molar-refractivity contribution in [2.75, 3.05) is 27.3 Å². The van der Waals surface area contributed by atoms with E-state index in [0.29, 0.717) is 18.8 Å². The predicted octanol–water partition coefficient (Wildman–Crippen LogP) is 7.91. The molecule has 4 heterocycles. The van der Waals surface area contributed by atoms with Gasteiger partial charge in [-0.15, -0.1) is 0 Å². The molecule has 1 unspecified atom stereocenters. The van der Waals surface area contributed by atoms with E-state index in [1.807, 2.05) is 57.8 Å². The van der Waals surface area contributed by atoms with Crippen LogP contribution in [0.15, 0.2) is 73.1 Å². The third-order valence-electron chi connectivity index (χ3n) is 13.0. The van der Waals surface area contributed by atoms with Gasteiger partial charge in [-0.1, -0.05) is 83.1 Å². The Morgan fingerprint density at radius 2 is 1.33 bits per heavy atom. The largest absolute Gasteiger partial charge is 0.453 e. The highest BCUT2D eigenvalue weighted by molar-refractivity contribution is 5.91. The van der Waals surface area contributed by atoms with E-state index >= 15 is 0 Å². The Balaban J connectivity index is 0.965. The molecule has 2 aliphatic heterocycles. The number of likely N-dealkylation sites (tertiary alicyclic amines) is 2. The van der Waals surface area contributed by atoms with Gasteiger partial charge in [0.15, 0.2) is 0 Å². The number of hydrogen-bond donors (Lipinski definition) is 4. The minimum absolute atomic E-state index is 0.109. The van der Waals surface area contributed by atoms with Crippen molar-refractivity contribution in [1.29, 1.82) is 5.26 Å². The fourth-order valence-corrected chi connectivity index (χ4v) is 9.11. The van der Waals surface area contributed by atoms with Crippen molar-refractivity contribution >= 4 is 34.8 Å². The van der Waals surface area contributed by atoms with E-state index in [1.54, 1.807) is 11.1 Å². The summed E-state index contributed by atoms with van der Waals surface area (Å²) in [5, 5.41) is 17.4. The van der Waals surface area contributed by atoms with Crippen LogP contribution in [0.3, 0.4) is 0 Å². The highest BCUT2D eigenvalue weighted by atomic mass is 16.5. The van der Waals surface area contributed by atoms with Crippen LogP contribution in [-0.4, -0.2) is 93.1 Å². The Kier molecular flexibility index (Phi) is 11.5. The third kappa shape index (κ3) is 8.71. The molecule has 0 radical (unpaired) electrons. The quantitative estimate of drug-likeness (QED) is 0.108. The van der Waals surface area contributed by atoms with Crippen LogP contribution in [0.1, 0.15) is 84.0 Å². The van der Waals surface area contributed by atoms with E-state index in [0.717, 1.165) is 69.5 Å². The van der Waals surface area contributed by atoms with Gasteiger partial charge in [0.05, 0.1) is 62.1 Å². The topological polar surface area (TPSA) is 198 Å². The van der Waals surface area contributed by atoms with Crippen LogP contribution in [-0.2, 0) is 19.1 Å². The number of H-pyrrole nitrogens is 2. The average molecular weight is 854 g/mol. The lowest BCUT2D eigenvalue weighted by atomic mass is 9.85. The average Bonchev–Trinajstić information content (AvgIpc) is 3.78.